The smallest absolute Gasteiger partial charge is 0.123 e. The van der Waals surface area contributed by atoms with Gasteiger partial charge < -0.3 is 4.74 Å². The Morgan fingerprint density at radius 3 is 2.50 bits per heavy atom. The summed E-state index contributed by atoms with van der Waals surface area (Å²) in [4.78, 5) is 0. The molecule has 0 radical (unpaired) electrons. The van der Waals surface area contributed by atoms with Crippen molar-refractivity contribution in [3.8, 4) is 5.75 Å². The summed E-state index contributed by atoms with van der Waals surface area (Å²) in [7, 11) is 0. The van der Waals surface area contributed by atoms with Crippen molar-refractivity contribution in [1.29, 1.82) is 0 Å². The molecule has 0 saturated heterocycles. The van der Waals surface area contributed by atoms with Crippen LogP contribution >= 0.6 is 0 Å². The van der Waals surface area contributed by atoms with Gasteiger partial charge in [0, 0.05) is 0 Å². The van der Waals surface area contributed by atoms with Gasteiger partial charge in [-0.3, -0.25) is 5.43 Å². The number of hydrogen-bond acceptors (Lipinski definition) is 3. The highest BCUT2D eigenvalue weighted by Crippen LogP contribution is 2.14. The normalized spacial score (nSPS) is 10.7. The van der Waals surface area contributed by atoms with Gasteiger partial charge in [0.1, 0.15) is 18.2 Å². The zero-order valence-corrected chi connectivity index (χ0v) is 13.0. The van der Waals surface area contributed by atoms with Crippen LogP contribution in [0, 0.1) is 5.82 Å². The molecule has 120 valence electrons. The third-order valence-corrected chi connectivity index (χ3v) is 3.36. The summed E-state index contributed by atoms with van der Waals surface area (Å²) in [5.74, 6) is 0.511. The molecular formula is C20H17FN2O. The van der Waals surface area contributed by atoms with Crippen LogP contribution in [0.5, 0.6) is 5.75 Å². The predicted molar refractivity (Wildman–Crippen MR) is 94.8 cm³/mol. The molecule has 0 fully saturated rings. The van der Waals surface area contributed by atoms with E-state index in [0.717, 1.165) is 22.6 Å². The first kappa shape index (κ1) is 15.7. The monoisotopic (exact) mass is 320 g/mol. The van der Waals surface area contributed by atoms with Crippen LogP contribution in [0.2, 0.25) is 0 Å². The third kappa shape index (κ3) is 4.68. The lowest BCUT2D eigenvalue weighted by Gasteiger charge is -2.06. The van der Waals surface area contributed by atoms with Crippen molar-refractivity contribution in [3.05, 3.63) is 95.8 Å². The van der Waals surface area contributed by atoms with Crippen molar-refractivity contribution < 1.29 is 9.13 Å². The Balaban J connectivity index is 1.58. The highest BCUT2D eigenvalue weighted by atomic mass is 19.1. The molecule has 3 aromatic carbocycles. The van der Waals surface area contributed by atoms with Gasteiger partial charge in [-0.25, -0.2) is 4.39 Å². The fraction of sp³-hybridized carbons (Fsp3) is 0.0500. The first-order valence-corrected chi connectivity index (χ1v) is 7.61. The first-order chi connectivity index (χ1) is 11.8. The van der Waals surface area contributed by atoms with Gasteiger partial charge in [-0.2, -0.15) is 5.10 Å². The van der Waals surface area contributed by atoms with Crippen molar-refractivity contribution in [1.82, 2.24) is 0 Å². The molecular weight excluding hydrogens is 303 g/mol. The van der Waals surface area contributed by atoms with E-state index < -0.39 is 0 Å². The number of benzene rings is 3. The van der Waals surface area contributed by atoms with Gasteiger partial charge in [-0.05, 0) is 47.5 Å². The molecule has 3 aromatic rings. The van der Waals surface area contributed by atoms with E-state index in [-0.39, 0.29) is 5.82 Å². The number of ether oxygens (including phenoxy) is 1. The van der Waals surface area contributed by atoms with Crippen LogP contribution in [0.1, 0.15) is 11.1 Å². The van der Waals surface area contributed by atoms with Crippen molar-refractivity contribution in [3.63, 3.8) is 0 Å². The Kier molecular flexibility index (Phi) is 5.20. The van der Waals surface area contributed by atoms with E-state index in [9.17, 15) is 4.39 Å². The van der Waals surface area contributed by atoms with Crippen molar-refractivity contribution in [2.24, 2.45) is 5.10 Å². The van der Waals surface area contributed by atoms with Gasteiger partial charge in [-0.1, -0.05) is 42.5 Å². The van der Waals surface area contributed by atoms with Crippen LogP contribution in [-0.2, 0) is 6.61 Å². The van der Waals surface area contributed by atoms with Crippen molar-refractivity contribution in [2.45, 2.75) is 6.61 Å². The molecule has 0 aliphatic heterocycles. The zero-order chi connectivity index (χ0) is 16.6. The molecule has 0 atom stereocenters. The summed E-state index contributed by atoms with van der Waals surface area (Å²) < 4.78 is 18.6. The SMILES string of the molecule is Fc1ccc(NN=Cc2cccc(OCc3ccccc3)c2)cc1. The van der Waals surface area contributed by atoms with Gasteiger partial charge in [0.05, 0.1) is 11.9 Å². The second-order valence-electron chi connectivity index (χ2n) is 5.22. The van der Waals surface area contributed by atoms with E-state index in [1.165, 1.54) is 12.1 Å². The van der Waals surface area contributed by atoms with E-state index in [0.29, 0.717) is 6.61 Å². The van der Waals surface area contributed by atoms with E-state index in [1.807, 2.05) is 54.6 Å². The lowest BCUT2D eigenvalue weighted by atomic mass is 10.2. The first-order valence-electron chi connectivity index (χ1n) is 7.61. The van der Waals surface area contributed by atoms with Crippen LogP contribution < -0.4 is 10.2 Å². The van der Waals surface area contributed by atoms with Crippen LogP contribution in [0.15, 0.2) is 84.0 Å². The molecule has 24 heavy (non-hydrogen) atoms. The number of rotatable bonds is 6. The number of hydrogen-bond donors (Lipinski definition) is 1. The number of hydrazone groups is 1. The second kappa shape index (κ2) is 7.92. The number of nitrogens with one attached hydrogen (secondary N) is 1. The predicted octanol–water partition coefficient (Wildman–Crippen LogP) is 4.85. The molecule has 0 bridgehead atoms. The lowest BCUT2D eigenvalue weighted by molar-refractivity contribution is 0.306. The topological polar surface area (TPSA) is 33.6 Å². The fourth-order valence-electron chi connectivity index (χ4n) is 2.13. The van der Waals surface area contributed by atoms with Gasteiger partial charge in [0.15, 0.2) is 0 Å². The zero-order valence-electron chi connectivity index (χ0n) is 13.0. The summed E-state index contributed by atoms with van der Waals surface area (Å²) >= 11 is 0. The largest absolute Gasteiger partial charge is 0.489 e. The Labute approximate surface area is 140 Å². The summed E-state index contributed by atoms with van der Waals surface area (Å²) in [6, 6.07) is 23.7. The molecule has 0 amide bonds. The van der Waals surface area contributed by atoms with Gasteiger partial charge in [0.2, 0.25) is 0 Å². The Bertz CT molecular complexity index is 801. The summed E-state index contributed by atoms with van der Waals surface area (Å²) in [6.45, 7) is 0.523. The van der Waals surface area contributed by atoms with Crippen LogP contribution in [0.3, 0.4) is 0 Å². The molecule has 3 rings (SSSR count). The van der Waals surface area contributed by atoms with Crippen LogP contribution in [0.4, 0.5) is 10.1 Å². The quantitative estimate of drug-likeness (QED) is 0.520. The Morgan fingerprint density at radius 2 is 1.71 bits per heavy atom. The standard InChI is InChI=1S/C20H17FN2O/c21-18-9-11-19(12-10-18)23-22-14-17-7-4-8-20(13-17)24-15-16-5-2-1-3-6-16/h1-14,23H,15H2. The van der Waals surface area contributed by atoms with E-state index in [4.69, 9.17) is 4.74 Å². The summed E-state index contributed by atoms with van der Waals surface area (Å²) in [6.07, 6.45) is 1.69. The van der Waals surface area contributed by atoms with E-state index >= 15 is 0 Å². The molecule has 3 nitrogen and oxygen atoms in total. The number of halogens is 1. The Morgan fingerprint density at radius 1 is 0.917 bits per heavy atom. The van der Waals surface area contributed by atoms with Crippen molar-refractivity contribution >= 4 is 11.9 Å². The van der Waals surface area contributed by atoms with Crippen LogP contribution in [0.25, 0.3) is 0 Å². The minimum absolute atomic E-state index is 0.271. The molecule has 0 saturated carbocycles. The highest BCUT2D eigenvalue weighted by Gasteiger charge is 1.97. The minimum atomic E-state index is -0.271. The highest BCUT2D eigenvalue weighted by molar-refractivity contribution is 5.80. The molecule has 0 spiro atoms. The van der Waals surface area contributed by atoms with Gasteiger partial charge in [0.25, 0.3) is 0 Å². The average Bonchev–Trinajstić information content (AvgIpc) is 2.63. The Hall–Kier alpha value is -3.14. The van der Waals surface area contributed by atoms with Gasteiger partial charge in [-0.15, -0.1) is 0 Å². The molecule has 0 aliphatic carbocycles. The second-order valence-corrected chi connectivity index (χ2v) is 5.22. The van der Waals surface area contributed by atoms with Gasteiger partial charge >= 0.3 is 0 Å². The number of anilines is 1. The average molecular weight is 320 g/mol. The molecule has 0 aromatic heterocycles. The molecule has 0 unspecified atom stereocenters. The third-order valence-electron chi connectivity index (χ3n) is 3.36. The summed E-state index contributed by atoms with van der Waals surface area (Å²) in [5.41, 5.74) is 5.62. The van der Waals surface area contributed by atoms with E-state index in [2.05, 4.69) is 10.5 Å². The number of nitrogens with zero attached hydrogens (tertiary/aromatic N) is 1. The van der Waals surface area contributed by atoms with Crippen LogP contribution in [-0.4, -0.2) is 6.21 Å². The van der Waals surface area contributed by atoms with Crippen molar-refractivity contribution in [2.75, 3.05) is 5.43 Å². The fourth-order valence-corrected chi connectivity index (χ4v) is 2.13. The minimum Gasteiger partial charge on any atom is -0.489 e. The maximum Gasteiger partial charge on any atom is 0.123 e. The maximum absolute atomic E-state index is 12.8. The molecule has 1 N–H and O–H groups in total. The maximum atomic E-state index is 12.8. The molecule has 0 aliphatic rings. The van der Waals surface area contributed by atoms with E-state index in [1.54, 1.807) is 18.3 Å². The summed E-state index contributed by atoms with van der Waals surface area (Å²) in [5, 5.41) is 4.15. The molecule has 4 heteroatoms. The molecule has 0 heterocycles. The lowest BCUT2D eigenvalue weighted by Crippen LogP contribution is -1.96.